The Morgan fingerprint density at radius 3 is 2.53 bits per heavy atom. The lowest BCUT2D eigenvalue weighted by atomic mass is 10.2. The minimum absolute atomic E-state index is 0.245. The van der Waals surface area contributed by atoms with Crippen LogP contribution < -0.4 is 0 Å². The highest BCUT2D eigenvalue weighted by molar-refractivity contribution is 6.74. The summed E-state index contributed by atoms with van der Waals surface area (Å²) in [5.74, 6) is -0.542. The summed E-state index contributed by atoms with van der Waals surface area (Å²) >= 11 is 0. The molecule has 0 aromatic carbocycles. The van der Waals surface area contributed by atoms with Crippen molar-refractivity contribution in [2.24, 2.45) is 5.11 Å². The molecule has 1 amide bonds. The summed E-state index contributed by atoms with van der Waals surface area (Å²) in [5.41, 5.74) is 8.04. The lowest BCUT2D eigenvalue weighted by molar-refractivity contribution is -0.113. The summed E-state index contributed by atoms with van der Waals surface area (Å²) in [6.45, 7) is 11.9. The van der Waals surface area contributed by atoms with Crippen LogP contribution in [-0.2, 0) is 9.22 Å². The first kappa shape index (κ1) is 17.9. The van der Waals surface area contributed by atoms with Gasteiger partial charge in [-0.2, -0.15) is 0 Å². The van der Waals surface area contributed by atoms with E-state index in [2.05, 4.69) is 43.9 Å². The average Bonchev–Trinajstić information content (AvgIpc) is 2.26. The number of carbonyl (C=O) groups is 1. The molecule has 0 aromatic heterocycles. The van der Waals surface area contributed by atoms with Gasteiger partial charge in [-0.3, -0.25) is 4.79 Å². The number of hydrogen-bond acceptors (Lipinski definition) is 2. The van der Waals surface area contributed by atoms with E-state index in [1.165, 1.54) is 6.08 Å². The maximum Gasteiger partial charge on any atom is 0.241 e. The maximum absolute atomic E-state index is 10.8. The molecule has 0 aromatic rings. The molecule has 0 aliphatic heterocycles. The van der Waals surface area contributed by atoms with Crippen molar-refractivity contribution in [3.8, 4) is 0 Å². The van der Waals surface area contributed by atoms with E-state index >= 15 is 0 Å². The predicted molar refractivity (Wildman–Crippen MR) is 80.3 cm³/mol. The van der Waals surface area contributed by atoms with Crippen LogP contribution in [0.15, 0.2) is 17.3 Å². The fourth-order valence-electron chi connectivity index (χ4n) is 1.17. The minimum atomic E-state index is -1.63. The molecule has 0 heterocycles. The van der Waals surface area contributed by atoms with Crippen LogP contribution in [0.2, 0.25) is 18.1 Å². The van der Waals surface area contributed by atoms with Gasteiger partial charge in [-0.15, -0.1) is 0 Å². The molecular weight excluding hydrogens is 258 g/mol. The van der Waals surface area contributed by atoms with Crippen LogP contribution in [0.25, 0.3) is 10.4 Å². The number of unbranched alkanes of at least 4 members (excludes halogenated alkanes) is 2. The van der Waals surface area contributed by atoms with E-state index in [9.17, 15) is 4.79 Å². The number of rotatable bonds is 7. The van der Waals surface area contributed by atoms with Gasteiger partial charge in [-0.25, -0.2) is 0 Å². The largest absolute Gasteiger partial charge is 0.417 e. The Morgan fingerprint density at radius 1 is 1.37 bits per heavy atom. The van der Waals surface area contributed by atoms with Crippen molar-refractivity contribution in [2.75, 3.05) is 6.61 Å². The molecule has 0 fully saturated rings. The molecule has 0 rings (SSSR count). The summed E-state index contributed by atoms with van der Waals surface area (Å²) in [5, 5.41) is 3.20. The van der Waals surface area contributed by atoms with E-state index in [1.54, 1.807) is 6.08 Å². The highest BCUT2D eigenvalue weighted by Crippen LogP contribution is 2.36. The molecule has 108 valence electrons. The lowest BCUT2D eigenvalue weighted by Gasteiger charge is -2.36. The second-order valence-corrected chi connectivity index (χ2v) is 10.8. The Bertz CT molecular complexity index is 367. The number of nitrogens with zero attached hydrogens (tertiary/aromatic N) is 3. The molecule has 0 N–H and O–H groups in total. The van der Waals surface area contributed by atoms with Crippen LogP contribution >= 0.6 is 0 Å². The van der Waals surface area contributed by atoms with Crippen LogP contribution in [0.1, 0.15) is 40.0 Å². The van der Waals surface area contributed by atoms with Gasteiger partial charge in [-0.05, 0) is 54.1 Å². The number of amides is 1. The number of allylic oxidation sites excluding steroid dienone is 1. The van der Waals surface area contributed by atoms with Crippen LogP contribution in [0.4, 0.5) is 0 Å². The molecule has 0 saturated carbocycles. The van der Waals surface area contributed by atoms with Crippen molar-refractivity contribution in [3.05, 3.63) is 22.6 Å². The van der Waals surface area contributed by atoms with Crippen molar-refractivity contribution in [3.63, 3.8) is 0 Å². The van der Waals surface area contributed by atoms with Crippen LogP contribution in [0.5, 0.6) is 0 Å². The first-order chi connectivity index (χ1) is 8.70. The van der Waals surface area contributed by atoms with E-state index in [-0.39, 0.29) is 5.04 Å². The zero-order chi connectivity index (χ0) is 14.9. The Morgan fingerprint density at radius 2 is 2.00 bits per heavy atom. The van der Waals surface area contributed by atoms with Gasteiger partial charge in [0.25, 0.3) is 0 Å². The van der Waals surface area contributed by atoms with E-state index in [4.69, 9.17) is 9.96 Å². The molecule has 0 unspecified atom stereocenters. The summed E-state index contributed by atoms with van der Waals surface area (Å²) < 4.78 is 6.04. The quantitative estimate of drug-likeness (QED) is 0.171. The van der Waals surface area contributed by atoms with E-state index < -0.39 is 14.2 Å². The molecule has 0 spiro atoms. The zero-order valence-corrected chi connectivity index (χ0v) is 13.6. The first-order valence-electron chi connectivity index (χ1n) is 6.60. The van der Waals surface area contributed by atoms with Crippen LogP contribution in [-0.4, -0.2) is 20.8 Å². The lowest BCUT2D eigenvalue weighted by Crippen LogP contribution is -2.40. The van der Waals surface area contributed by atoms with Gasteiger partial charge in [-0.1, -0.05) is 26.8 Å². The van der Waals surface area contributed by atoms with Crippen molar-refractivity contribution < 1.29 is 9.22 Å². The molecule has 0 aliphatic carbocycles. The summed E-state index contributed by atoms with van der Waals surface area (Å²) in [7, 11) is -1.63. The predicted octanol–water partition coefficient (Wildman–Crippen LogP) is 4.57. The second kappa shape index (κ2) is 8.14. The van der Waals surface area contributed by atoms with Crippen molar-refractivity contribution >= 4 is 14.2 Å². The Kier molecular flexibility index (Phi) is 7.67. The fourth-order valence-corrected chi connectivity index (χ4v) is 2.26. The molecule has 6 heteroatoms. The third-order valence-corrected chi connectivity index (χ3v) is 7.98. The molecule has 0 radical (unpaired) electrons. The van der Waals surface area contributed by atoms with Crippen LogP contribution in [0.3, 0.4) is 0 Å². The molecule has 0 bridgehead atoms. The highest BCUT2D eigenvalue weighted by atomic mass is 28.4. The van der Waals surface area contributed by atoms with Gasteiger partial charge >= 0.3 is 0 Å². The zero-order valence-electron chi connectivity index (χ0n) is 12.6. The highest BCUT2D eigenvalue weighted by Gasteiger charge is 2.36. The summed E-state index contributed by atoms with van der Waals surface area (Å²) in [6.07, 6.45) is 5.80. The van der Waals surface area contributed by atoms with Gasteiger partial charge in [0, 0.05) is 11.5 Å². The molecule has 0 atom stereocenters. The molecule has 19 heavy (non-hydrogen) atoms. The number of carbonyl (C=O) groups excluding carboxylic acids is 1. The van der Waals surface area contributed by atoms with Crippen LogP contribution in [0, 0.1) is 0 Å². The third kappa shape index (κ3) is 7.82. The van der Waals surface area contributed by atoms with Crippen molar-refractivity contribution in [1.29, 1.82) is 0 Å². The summed E-state index contributed by atoms with van der Waals surface area (Å²) in [4.78, 5) is 13.3. The standard InChI is InChI=1S/C13H25N3O2Si/c1-13(2,3)19(4,5)18-11-9-7-6-8-10-12(17)15-16-14/h8,10H,6-7,9,11H2,1-5H3/b10-8-. The van der Waals surface area contributed by atoms with Gasteiger partial charge < -0.3 is 4.43 Å². The second-order valence-electron chi connectivity index (χ2n) is 6.03. The Labute approximate surface area is 116 Å². The summed E-state index contributed by atoms with van der Waals surface area (Å²) in [6, 6.07) is 0. The SMILES string of the molecule is CC(C)(C)[Si](C)(C)OCCCC/C=C\C(=O)N=[N+]=[N-]. The monoisotopic (exact) mass is 283 g/mol. The molecule has 0 saturated heterocycles. The van der Waals surface area contributed by atoms with Gasteiger partial charge in [0.1, 0.15) is 0 Å². The smallest absolute Gasteiger partial charge is 0.241 e. The first-order valence-corrected chi connectivity index (χ1v) is 9.51. The minimum Gasteiger partial charge on any atom is -0.417 e. The maximum atomic E-state index is 10.8. The van der Waals surface area contributed by atoms with Gasteiger partial charge in [0.2, 0.25) is 5.91 Å². The Hall–Kier alpha value is -1.10. The topological polar surface area (TPSA) is 75.1 Å². The number of hydrogen-bond donors (Lipinski definition) is 0. The van der Waals surface area contributed by atoms with Crippen molar-refractivity contribution in [1.82, 2.24) is 0 Å². The van der Waals surface area contributed by atoms with E-state index in [1.807, 2.05) is 0 Å². The fraction of sp³-hybridized carbons (Fsp3) is 0.769. The van der Waals surface area contributed by atoms with Gasteiger partial charge in [0.05, 0.1) is 0 Å². The molecule has 0 aliphatic rings. The van der Waals surface area contributed by atoms with E-state index in [0.29, 0.717) is 0 Å². The molecular formula is C13H25N3O2Si. The molecule has 5 nitrogen and oxygen atoms in total. The van der Waals surface area contributed by atoms with Gasteiger partial charge in [0.15, 0.2) is 8.32 Å². The normalized spacial score (nSPS) is 12.5. The number of azide groups is 1. The third-order valence-electron chi connectivity index (χ3n) is 3.44. The van der Waals surface area contributed by atoms with Crippen molar-refractivity contribution in [2.45, 2.75) is 58.2 Å². The average molecular weight is 283 g/mol. The Balaban J connectivity index is 3.78. The van der Waals surface area contributed by atoms with E-state index in [0.717, 1.165) is 25.9 Å².